The van der Waals surface area contributed by atoms with Crippen LogP contribution in [0.2, 0.25) is 5.02 Å². The Balaban J connectivity index is 2.27. The highest BCUT2D eigenvalue weighted by Crippen LogP contribution is 2.35. The molecule has 1 aromatic carbocycles. The van der Waals surface area contributed by atoms with Crippen molar-refractivity contribution < 1.29 is 0 Å². The van der Waals surface area contributed by atoms with Crippen LogP contribution in [0.3, 0.4) is 0 Å². The molecule has 0 bridgehead atoms. The Kier molecular flexibility index (Phi) is 2.56. The minimum Gasteiger partial charge on any atom is -0.398 e. The lowest BCUT2D eigenvalue weighted by atomic mass is 10.1. The molecule has 2 aromatic rings. The van der Waals surface area contributed by atoms with Gasteiger partial charge in [0.2, 0.25) is 0 Å². The zero-order valence-corrected chi connectivity index (χ0v) is 10.2. The van der Waals surface area contributed by atoms with Gasteiger partial charge in [0.15, 0.2) is 0 Å². The van der Waals surface area contributed by atoms with Gasteiger partial charge in [-0.3, -0.25) is 0 Å². The van der Waals surface area contributed by atoms with Gasteiger partial charge in [-0.25, -0.2) is 4.98 Å². The van der Waals surface area contributed by atoms with E-state index < -0.39 is 0 Å². The standard InChI is InChI=1S/C13H14ClN3/c14-10-3-4-11(15)9-5-6-16-13(12(9)10)17-7-1-2-8-17/h3-6H,1-2,7-8,15H2. The van der Waals surface area contributed by atoms with Gasteiger partial charge in [-0.1, -0.05) is 11.6 Å². The van der Waals surface area contributed by atoms with Crippen molar-refractivity contribution in [2.75, 3.05) is 23.7 Å². The van der Waals surface area contributed by atoms with Crippen LogP contribution in [0.1, 0.15) is 12.8 Å². The third-order valence-electron chi connectivity index (χ3n) is 3.30. The lowest BCUT2D eigenvalue weighted by Gasteiger charge is -2.19. The number of nitrogens with zero attached hydrogens (tertiary/aromatic N) is 2. The molecule has 1 fully saturated rings. The van der Waals surface area contributed by atoms with E-state index >= 15 is 0 Å². The molecule has 88 valence electrons. The Morgan fingerprint density at radius 1 is 1.18 bits per heavy atom. The Hall–Kier alpha value is -1.48. The van der Waals surface area contributed by atoms with Crippen LogP contribution < -0.4 is 10.6 Å². The minimum atomic E-state index is 0.726. The maximum atomic E-state index is 6.29. The van der Waals surface area contributed by atoms with E-state index in [-0.39, 0.29) is 0 Å². The van der Waals surface area contributed by atoms with Crippen LogP contribution in [0.5, 0.6) is 0 Å². The summed E-state index contributed by atoms with van der Waals surface area (Å²) in [5, 5.41) is 2.70. The summed E-state index contributed by atoms with van der Waals surface area (Å²) in [6.07, 6.45) is 4.25. The lowest BCUT2D eigenvalue weighted by molar-refractivity contribution is 0.946. The molecule has 17 heavy (non-hydrogen) atoms. The van der Waals surface area contributed by atoms with E-state index in [4.69, 9.17) is 17.3 Å². The number of hydrogen-bond acceptors (Lipinski definition) is 3. The van der Waals surface area contributed by atoms with Crippen LogP contribution in [0, 0.1) is 0 Å². The molecule has 1 aliphatic rings. The molecule has 1 aromatic heterocycles. The van der Waals surface area contributed by atoms with Crippen LogP contribution in [0.4, 0.5) is 11.5 Å². The molecule has 4 heteroatoms. The molecule has 0 unspecified atom stereocenters. The maximum Gasteiger partial charge on any atom is 0.137 e. The molecule has 0 radical (unpaired) electrons. The van der Waals surface area contributed by atoms with Gasteiger partial charge in [0.25, 0.3) is 0 Å². The number of fused-ring (bicyclic) bond motifs is 1. The predicted octanol–water partition coefficient (Wildman–Crippen LogP) is 3.07. The van der Waals surface area contributed by atoms with Gasteiger partial charge in [-0.05, 0) is 31.0 Å². The fourth-order valence-electron chi connectivity index (χ4n) is 2.43. The third kappa shape index (κ3) is 1.71. The largest absolute Gasteiger partial charge is 0.398 e. The first kappa shape index (κ1) is 10.7. The van der Waals surface area contributed by atoms with E-state index in [1.54, 1.807) is 0 Å². The number of halogens is 1. The number of anilines is 2. The molecule has 1 aliphatic heterocycles. The quantitative estimate of drug-likeness (QED) is 0.788. The van der Waals surface area contributed by atoms with Gasteiger partial charge in [-0.2, -0.15) is 0 Å². The fraction of sp³-hybridized carbons (Fsp3) is 0.308. The van der Waals surface area contributed by atoms with Gasteiger partial charge in [0.1, 0.15) is 5.82 Å². The molecule has 0 amide bonds. The molecular formula is C13H14ClN3. The van der Waals surface area contributed by atoms with Crippen molar-refractivity contribution in [1.82, 2.24) is 4.98 Å². The highest BCUT2D eigenvalue weighted by Gasteiger charge is 2.18. The number of nitrogen functional groups attached to an aromatic ring is 1. The van der Waals surface area contributed by atoms with E-state index in [1.165, 1.54) is 12.8 Å². The Morgan fingerprint density at radius 3 is 2.71 bits per heavy atom. The number of rotatable bonds is 1. The first-order valence-electron chi connectivity index (χ1n) is 5.85. The van der Waals surface area contributed by atoms with Crippen molar-refractivity contribution >= 4 is 33.9 Å². The first-order chi connectivity index (χ1) is 8.27. The van der Waals surface area contributed by atoms with Crippen LogP contribution in [0.25, 0.3) is 10.8 Å². The zero-order chi connectivity index (χ0) is 11.8. The molecular weight excluding hydrogens is 234 g/mol. The van der Waals surface area contributed by atoms with Crippen molar-refractivity contribution in [2.24, 2.45) is 0 Å². The van der Waals surface area contributed by atoms with E-state index in [9.17, 15) is 0 Å². The van der Waals surface area contributed by atoms with Crippen molar-refractivity contribution in [3.63, 3.8) is 0 Å². The summed E-state index contributed by atoms with van der Waals surface area (Å²) in [5.74, 6) is 0.970. The fourth-order valence-corrected chi connectivity index (χ4v) is 2.68. The average molecular weight is 248 g/mol. The number of aromatic nitrogens is 1. The maximum absolute atomic E-state index is 6.29. The van der Waals surface area contributed by atoms with Crippen LogP contribution in [-0.4, -0.2) is 18.1 Å². The summed E-state index contributed by atoms with van der Waals surface area (Å²) < 4.78 is 0. The topological polar surface area (TPSA) is 42.1 Å². The second-order valence-electron chi connectivity index (χ2n) is 4.39. The molecule has 0 saturated carbocycles. The van der Waals surface area contributed by atoms with Crippen LogP contribution >= 0.6 is 11.6 Å². The second-order valence-corrected chi connectivity index (χ2v) is 4.80. The first-order valence-corrected chi connectivity index (χ1v) is 6.23. The molecule has 3 nitrogen and oxygen atoms in total. The monoisotopic (exact) mass is 247 g/mol. The molecule has 1 saturated heterocycles. The number of benzene rings is 1. The molecule has 3 rings (SSSR count). The molecule has 2 heterocycles. The average Bonchev–Trinajstić information content (AvgIpc) is 2.87. The second kappa shape index (κ2) is 4.08. The van der Waals surface area contributed by atoms with Gasteiger partial charge >= 0.3 is 0 Å². The SMILES string of the molecule is Nc1ccc(Cl)c2c(N3CCCC3)nccc12. The van der Waals surface area contributed by atoms with E-state index in [0.717, 1.165) is 40.4 Å². The highest BCUT2D eigenvalue weighted by atomic mass is 35.5. The molecule has 0 aliphatic carbocycles. The number of hydrogen-bond donors (Lipinski definition) is 1. The van der Waals surface area contributed by atoms with Crippen molar-refractivity contribution in [1.29, 1.82) is 0 Å². The lowest BCUT2D eigenvalue weighted by Crippen LogP contribution is -2.19. The van der Waals surface area contributed by atoms with Crippen LogP contribution in [-0.2, 0) is 0 Å². The Morgan fingerprint density at radius 2 is 1.94 bits per heavy atom. The van der Waals surface area contributed by atoms with Gasteiger partial charge in [0, 0.05) is 35.7 Å². The normalized spacial score (nSPS) is 15.7. The van der Waals surface area contributed by atoms with Crippen molar-refractivity contribution in [3.8, 4) is 0 Å². The van der Waals surface area contributed by atoms with Crippen LogP contribution in [0.15, 0.2) is 24.4 Å². The summed E-state index contributed by atoms with van der Waals surface area (Å²) in [6.45, 7) is 2.11. The minimum absolute atomic E-state index is 0.726. The van der Waals surface area contributed by atoms with Crippen molar-refractivity contribution in [3.05, 3.63) is 29.4 Å². The van der Waals surface area contributed by atoms with Gasteiger partial charge in [-0.15, -0.1) is 0 Å². The third-order valence-corrected chi connectivity index (χ3v) is 3.61. The zero-order valence-electron chi connectivity index (χ0n) is 9.49. The summed E-state index contributed by atoms with van der Waals surface area (Å²) in [7, 11) is 0. The van der Waals surface area contributed by atoms with Gasteiger partial charge < -0.3 is 10.6 Å². The smallest absolute Gasteiger partial charge is 0.137 e. The Labute approximate surface area is 105 Å². The molecule has 2 N–H and O–H groups in total. The van der Waals surface area contributed by atoms with Crippen molar-refractivity contribution in [2.45, 2.75) is 12.8 Å². The summed E-state index contributed by atoms with van der Waals surface area (Å²) in [5.41, 5.74) is 6.74. The van der Waals surface area contributed by atoms with E-state index in [1.807, 2.05) is 24.4 Å². The molecule has 0 atom stereocenters. The summed E-state index contributed by atoms with van der Waals surface area (Å²) >= 11 is 6.29. The Bertz CT molecular complexity index is 562. The molecule has 0 spiro atoms. The highest BCUT2D eigenvalue weighted by molar-refractivity contribution is 6.37. The number of pyridine rings is 1. The predicted molar refractivity (Wildman–Crippen MR) is 72.6 cm³/mol. The summed E-state index contributed by atoms with van der Waals surface area (Å²) in [6, 6.07) is 5.62. The summed E-state index contributed by atoms with van der Waals surface area (Å²) in [4.78, 5) is 6.76. The van der Waals surface area contributed by atoms with E-state index in [2.05, 4.69) is 9.88 Å². The van der Waals surface area contributed by atoms with E-state index in [0.29, 0.717) is 0 Å². The van der Waals surface area contributed by atoms with Gasteiger partial charge in [0.05, 0.1) is 5.02 Å². The number of nitrogens with two attached hydrogens (primary N) is 1.